The largest absolute Gasteiger partial charge is 0.379 e. The first-order valence-electron chi connectivity index (χ1n) is 8.46. The van der Waals surface area contributed by atoms with Crippen LogP contribution < -0.4 is 5.32 Å². The fourth-order valence-corrected chi connectivity index (χ4v) is 3.30. The van der Waals surface area contributed by atoms with Crippen LogP contribution in [0.15, 0.2) is 60.9 Å². The predicted octanol–water partition coefficient (Wildman–Crippen LogP) is 4.77. The van der Waals surface area contributed by atoms with E-state index >= 15 is 0 Å². The topological polar surface area (TPSA) is 66.5 Å². The number of pyridine rings is 1. The minimum atomic E-state index is 0.481. The molecule has 6 heteroatoms. The minimum absolute atomic E-state index is 0.481. The molecule has 0 saturated heterocycles. The monoisotopic (exact) mass is 373 g/mol. The molecular formula is C21H16ClN5. The van der Waals surface area contributed by atoms with E-state index in [0.29, 0.717) is 17.1 Å². The van der Waals surface area contributed by atoms with E-state index < -0.39 is 0 Å². The normalized spacial score (nSPS) is 10.7. The van der Waals surface area contributed by atoms with E-state index in [9.17, 15) is 5.26 Å². The van der Waals surface area contributed by atoms with Crippen molar-refractivity contribution in [2.45, 2.75) is 6.54 Å². The standard InChI is InChI=1S/C21H16ClN5/c1-27-13-16(20(26-27)14-5-3-2-4-6-14)12-25-21-15(10-23)11-24-19-8-7-17(22)9-18(19)21/h2-9,11,13H,12H2,1H3,(H,24,25). The van der Waals surface area contributed by atoms with Crippen LogP contribution >= 0.6 is 11.6 Å². The Labute approximate surface area is 161 Å². The number of hydrogen-bond donors (Lipinski definition) is 1. The summed E-state index contributed by atoms with van der Waals surface area (Å²) in [5.41, 5.74) is 5.01. The number of hydrogen-bond acceptors (Lipinski definition) is 4. The predicted molar refractivity (Wildman–Crippen MR) is 107 cm³/mol. The molecule has 0 bridgehead atoms. The van der Waals surface area contributed by atoms with E-state index in [-0.39, 0.29) is 0 Å². The van der Waals surface area contributed by atoms with E-state index in [0.717, 1.165) is 33.4 Å². The molecule has 4 rings (SSSR count). The first-order valence-corrected chi connectivity index (χ1v) is 8.83. The van der Waals surface area contributed by atoms with Gasteiger partial charge in [0.25, 0.3) is 0 Å². The van der Waals surface area contributed by atoms with Crippen molar-refractivity contribution in [3.63, 3.8) is 0 Å². The summed E-state index contributed by atoms with van der Waals surface area (Å²) in [6.07, 6.45) is 3.57. The lowest BCUT2D eigenvalue weighted by atomic mass is 10.1. The van der Waals surface area contributed by atoms with Gasteiger partial charge in [-0.3, -0.25) is 9.67 Å². The number of nitrogens with zero attached hydrogens (tertiary/aromatic N) is 4. The molecule has 2 aromatic carbocycles. The zero-order valence-electron chi connectivity index (χ0n) is 14.6. The molecule has 2 aromatic heterocycles. The highest BCUT2D eigenvalue weighted by atomic mass is 35.5. The van der Waals surface area contributed by atoms with E-state index in [4.69, 9.17) is 11.6 Å². The summed E-state index contributed by atoms with van der Waals surface area (Å²) < 4.78 is 1.80. The molecule has 0 atom stereocenters. The molecule has 0 radical (unpaired) electrons. The molecule has 5 nitrogen and oxygen atoms in total. The molecule has 0 unspecified atom stereocenters. The summed E-state index contributed by atoms with van der Waals surface area (Å²) in [5, 5.41) is 18.9. The fraction of sp³-hybridized carbons (Fsp3) is 0.0952. The number of halogens is 1. The summed E-state index contributed by atoms with van der Waals surface area (Å²) in [7, 11) is 1.90. The SMILES string of the molecule is Cn1cc(CNc2c(C#N)cnc3ccc(Cl)cc23)c(-c2ccccc2)n1. The van der Waals surface area contributed by atoms with Crippen molar-refractivity contribution in [3.05, 3.63) is 77.1 Å². The van der Waals surface area contributed by atoms with Crippen LogP contribution in [0.5, 0.6) is 0 Å². The third-order valence-corrected chi connectivity index (χ3v) is 4.59. The number of rotatable bonds is 4. The Balaban J connectivity index is 1.73. The summed E-state index contributed by atoms with van der Waals surface area (Å²) in [6, 6.07) is 17.7. The van der Waals surface area contributed by atoms with Gasteiger partial charge in [0.2, 0.25) is 0 Å². The van der Waals surface area contributed by atoms with Gasteiger partial charge in [-0.15, -0.1) is 0 Å². The molecule has 1 N–H and O–H groups in total. The third-order valence-electron chi connectivity index (χ3n) is 4.36. The number of benzene rings is 2. The van der Waals surface area contributed by atoms with Gasteiger partial charge in [-0.25, -0.2) is 0 Å². The second-order valence-electron chi connectivity index (χ2n) is 6.22. The van der Waals surface area contributed by atoms with Crippen LogP contribution in [0.25, 0.3) is 22.2 Å². The maximum absolute atomic E-state index is 9.50. The summed E-state index contributed by atoms with van der Waals surface area (Å²) in [6.45, 7) is 0.526. The number of anilines is 1. The molecule has 0 amide bonds. The molecule has 27 heavy (non-hydrogen) atoms. The molecule has 0 saturated carbocycles. The van der Waals surface area contributed by atoms with Gasteiger partial charge in [0, 0.05) is 47.5 Å². The number of fused-ring (bicyclic) bond motifs is 1. The van der Waals surface area contributed by atoms with Gasteiger partial charge in [0.05, 0.1) is 22.5 Å². The first kappa shape index (κ1) is 17.1. The Morgan fingerprint density at radius 3 is 2.78 bits per heavy atom. The Bertz CT molecular complexity index is 1160. The summed E-state index contributed by atoms with van der Waals surface area (Å²) in [4.78, 5) is 4.34. The van der Waals surface area contributed by atoms with Crippen LogP contribution in [0.2, 0.25) is 5.02 Å². The lowest BCUT2D eigenvalue weighted by Gasteiger charge is -2.12. The van der Waals surface area contributed by atoms with Crippen LogP contribution in [-0.4, -0.2) is 14.8 Å². The highest BCUT2D eigenvalue weighted by Crippen LogP contribution is 2.29. The molecule has 0 aliphatic rings. The third kappa shape index (κ3) is 3.35. The number of nitrogens with one attached hydrogen (secondary N) is 1. The Hall–Kier alpha value is -3.36. The van der Waals surface area contributed by atoms with Gasteiger partial charge in [-0.05, 0) is 18.2 Å². The highest BCUT2D eigenvalue weighted by molar-refractivity contribution is 6.31. The molecule has 0 fully saturated rings. The molecule has 4 aromatic rings. The van der Waals surface area contributed by atoms with Crippen molar-refractivity contribution in [1.82, 2.24) is 14.8 Å². The lowest BCUT2D eigenvalue weighted by Crippen LogP contribution is -2.03. The number of nitriles is 1. The molecular weight excluding hydrogens is 358 g/mol. The maximum Gasteiger partial charge on any atom is 0.103 e. The van der Waals surface area contributed by atoms with Gasteiger partial charge in [-0.2, -0.15) is 10.4 Å². The van der Waals surface area contributed by atoms with E-state index in [2.05, 4.69) is 21.5 Å². The second-order valence-corrected chi connectivity index (χ2v) is 6.65. The number of aryl methyl sites for hydroxylation is 1. The van der Waals surface area contributed by atoms with E-state index in [1.165, 1.54) is 0 Å². The molecule has 132 valence electrons. The second kappa shape index (κ2) is 7.10. The van der Waals surface area contributed by atoms with Gasteiger partial charge >= 0.3 is 0 Å². The van der Waals surface area contributed by atoms with Crippen molar-refractivity contribution >= 4 is 28.2 Å². The maximum atomic E-state index is 9.50. The van der Waals surface area contributed by atoms with Crippen molar-refractivity contribution < 1.29 is 0 Å². The van der Waals surface area contributed by atoms with Crippen LogP contribution in [0.1, 0.15) is 11.1 Å². The summed E-state index contributed by atoms with van der Waals surface area (Å²) >= 11 is 6.16. The molecule has 0 spiro atoms. The van der Waals surface area contributed by atoms with Gasteiger partial charge in [-0.1, -0.05) is 41.9 Å². The molecule has 2 heterocycles. The van der Waals surface area contributed by atoms with Crippen molar-refractivity contribution in [2.24, 2.45) is 7.05 Å². The van der Waals surface area contributed by atoms with Crippen LogP contribution in [0.3, 0.4) is 0 Å². The zero-order valence-corrected chi connectivity index (χ0v) is 15.4. The quantitative estimate of drug-likeness (QED) is 0.559. The van der Waals surface area contributed by atoms with Crippen LogP contribution in [0.4, 0.5) is 5.69 Å². The Kier molecular flexibility index (Phi) is 4.49. The zero-order chi connectivity index (χ0) is 18.8. The van der Waals surface area contributed by atoms with Gasteiger partial charge < -0.3 is 5.32 Å². The lowest BCUT2D eigenvalue weighted by molar-refractivity contribution is 0.770. The van der Waals surface area contributed by atoms with Crippen molar-refractivity contribution in [3.8, 4) is 17.3 Å². The fourth-order valence-electron chi connectivity index (χ4n) is 3.13. The van der Waals surface area contributed by atoms with Gasteiger partial charge in [0.1, 0.15) is 6.07 Å². The smallest absolute Gasteiger partial charge is 0.103 e. The number of aromatic nitrogens is 3. The molecule has 0 aliphatic heterocycles. The highest BCUT2D eigenvalue weighted by Gasteiger charge is 2.13. The van der Waals surface area contributed by atoms with E-state index in [1.807, 2.05) is 55.7 Å². The Morgan fingerprint density at radius 2 is 2.00 bits per heavy atom. The van der Waals surface area contributed by atoms with Crippen LogP contribution in [-0.2, 0) is 13.6 Å². The van der Waals surface area contributed by atoms with E-state index in [1.54, 1.807) is 16.9 Å². The Morgan fingerprint density at radius 1 is 1.19 bits per heavy atom. The average molecular weight is 374 g/mol. The van der Waals surface area contributed by atoms with Crippen molar-refractivity contribution in [2.75, 3.05) is 5.32 Å². The molecule has 0 aliphatic carbocycles. The summed E-state index contributed by atoms with van der Waals surface area (Å²) in [5.74, 6) is 0. The first-order chi connectivity index (χ1) is 13.2. The minimum Gasteiger partial charge on any atom is -0.379 e. The van der Waals surface area contributed by atoms with Crippen molar-refractivity contribution in [1.29, 1.82) is 5.26 Å². The average Bonchev–Trinajstić information content (AvgIpc) is 3.07. The van der Waals surface area contributed by atoms with Crippen LogP contribution in [0, 0.1) is 11.3 Å². The van der Waals surface area contributed by atoms with Gasteiger partial charge in [0.15, 0.2) is 0 Å².